The van der Waals surface area contributed by atoms with Crippen LogP contribution in [0.5, 0.6) is 0 Å². The van der Waals surface area contributed by atoms with E-state index in [1.165, 1.54) is 17.8 Å². The van der Waals surface area contributed by atoms with E-state index in [0.717, 1.165) is 16.8 Å². The minimum atomic E-state index is -0.480. The fraction of sp³-hybridized carbons (Fsp3) is 0.185. The van der Waals surface area contributed by atoms with Crippen LogP contribution in [0.15, 0.2) is 78.0 Å². The number of hydrogen-bond acceptors (Lipinski definition) is 6. The molecule has 1 aromatic heterocycles. The van der Waals surface area contributed by atoms with Crippen molar-refractivity contribution >= 4 is 40.9 Å². The van der Waals surface area contributed by atoms with Gasteiger partial charge >= 0.3 is 5.97 Å². The number of anilines is 1. The summed E-state index contributed by atoms with van der Waals surface area (Å²) in [5, 5.41) is 12.5. The molecule has 4 aromatic rings. The highest BCUT2D eigenvalue weighted by atomic mass is 35.5. The molecular formula is C27H25ClN4O3S. The summed E-state index contributed by atoms with van der Waals surface area (Å²) >= 11 is 7.51. The van der Waals surface area contributed by atoms with Crippen molar-refractivity contribution in [2.45, 2.75) is 32.0 Å². The van der Waals surface area contributed by atoms with E-state index >= 15 is 0 Å². The van der Waals surface area contributed by atoms with Gasteiger partial charge in [-0.25, -0.2) is 4.79 Å². The maximum Gasteiger partial charge on any atom is 0.338 e. The molecule has 0 aliphatic rings. The third kappa shape index (κ3) is 6.13. The van der Waals surface area contributed by atoms with Crippen molar-refractivity contribution in [3.05, 3.63) is 88.9 Å². The van der Waals surface area contributed by atoms with E-state index in [1.807, 2.05) is 66.1 Å². The number of benzene rings is 3. The van der Waals surface area contributed by atoms with Gasteiger partial charge in [0, 0.05) is 11.3 Å². The predicted octanol–water partition coefficient (Wildman–Crippen LogP) is 6.19. The van der Waals surface area contributed by atoms with Crippen molar-refractivity contribution < 1.29 is 14.3 Å². The standard InChI is InChI=1S/C27H25ClN4O3S/c1-17(2)35-26(34)20-12-13-22(28)23(15-20)29-24(33)16-36-27-31-30-25(19-9-7-8-18(3)14-19)32(27)21-10-5-4-6-11-21/h4-15,17H,16H2,1-3H3,(H,29,33). The molecule has 0 aliphatic heterocycles. The predicted molar refractivity (Wildman–Crippen MR) is 143 cm³/mol. The Balaban J connectivity index is 1.54. The van der Waals surface area contributed by atoms with Crippen molar-refractivity contribution in [2.24, 2.45) is 0 Å². The van der Waals surface area contributed by atoms with Gasteiger partial charge in [0.1, 0.15) is 0 Å². The zero-order valence-corrected chi connectivity index (χ0v) is 21.6. The molecule has 0 aliphatic carbocycles. The minimum absolute atomic E-state index is 0.0653. The summed E-state index contributed by atoms with van der Waals surface area (Å²) in [4.78, 5) is 25.0. The van der Waals surface area contributed by atoms with E-state index in [4.69, 9.17) is 16.3 Å². The van der Waals surface area contributed by atoms with Crippen molar-refractivity contribution in [1.82, 2.24) is 14.8 Å². The zero-order chi connectivity index (χ0) is 25.7. The number of halogens is 1. The number of aromatic nitrogens is 3. The normalized spacial score (nSPS) is 10.9. The van der Waals surface area contributed by atoms with Crippen LogP contribution in [0.1, 0.15) is 29.8 Å². The number of aryl methyl sites for hydroxylation is 1. The molecule has 0 radical (unpaired) electrons. The molecule has 7 nitrogen and oxygen atoms in total. The number of rotatable bonds is 8. The van der Waals surface area contributed by atoms with Crippen LogP contribution in [-0.4, -0.2) is 38.5 Å². The Bertz CT molecular complexity index is 1390. The number of nitrogens with zero attached hydrogens (tertiary/aromatic N) is 3. The van der Waals surface area contributed by atoms with Crippen molar-refractivity contribution in [2.75, 3.05) is 11.1 Å². The molecule has 0 saturated carbocycles. The Morgan fingerprint density at radius 2 is 1.81 bits per heavy atom. The highest BCUT2D eigenvalue weighted by Crippen LogP contribution is 2.29. The Morgan fingerprint density at radius 1 is 1.03 bits per heavy atom. The molecule has 9 heteroatoms. The van der Waals surface area contributed by atoms with Crippen LogP contribution in [-0.2, 0) is 9.53 Å². The van der Waals surface area contributed by atoms with Crippen molar-refractivity contribution in [3.63, 3.8) is 0 Å². The third-order valence-corrected chi connectivity index (χ3v) is 6.33. The molecule has 184 valence electrons. The van der Waals surface area contributed by atoms with Gasteiger partial charge in [-0.15, -0.1) is 10.2 Å². The monoisotopic (exact) mass is 520 g/mol. The van der Waals surface area contributed by atoms with Crippen LogP contribution in [0.2, 0.25) is 5.02 Å². The maximum absolute atomic E-state index is 12.8. The van der Waals surface area contributed by atoms with Gasteiger partial charge in [0.25, 0.3) is 0 Å². The first-order chi connectivity index (χ1) is 17.3. The Morgan fingerprint density at radius 3 is 2.53 bits per heavy atom. The summed E-state index contributed by atoms with van der Waals surface area (Å²) in [5.41, 5.74) is 3.58. The first kappa shape index (κ1) is 25.5. The fourth-order valence-electron chi connectivity index (χ4n) is 3.49. The molecule has 0 fully saturated rings. The van der Waals surface area contributed by atoms with E-state index in [9.17, 15) is 9.59 Å². The molecule has 0 saturated heterocycles. The highest BCUT2D eigenvalue weighted by Gasteiger charge is 2.18. The molecule has 0 bridgehead atoms. The molecule has 4 rings (SSSR count). The smallest absolute Gasteiger partial charge is 0.338 e. The van der Waals surface area contributed by atoms with E-state index in [1.54, 1.807) is 26.0 Å². The van der Waals surface area contributed by atoms with Crippen LogP contribution in [0.4, 0.5) is 5.69 Å². The summed E-state index contributed by atoms with van der Waals surface area (Å²) in [5.74, 6) is -0.0233. The minimum Gasteiger partial charge on any atom is -0.459 e. The van der Waals surface area contributed by atoms with Gasteiger partial charge < -0.3 is 10.1 Å². The molecule has 0 atom stereocenters. The molecule has 1 amide bonds. The van der Waals surface area contributed by atoms with Gasteiger partial charge in [-0.05, 0) is 57.2 Å². The summed E-state index contributed by atoms with van der Waals surface area (Å²) in [6.45, 7) is 5.56. The quantitative estimate of drug-likeness (QED) is 0.220. The first-order valence-electron chi connectivity index (χ1n) is 11.3. The zero-order valence-electron chi connectivity index (χ0n) is 20.1. The fourth-order valence-corrected chi connectivity index (χ4v) is 4.41. The van der Waals surface area contributed by atoms with Crippen LogP contribution >= 0.6 is 23.4 Å². The van der Waals surface area contributed by atoms with Gasteiger partial charge in [0.2, 0.25) is 5.91 Å². The summed E-state index contributed by atoms with van der Waals surface area (Å²) in [6.07, 6.45) is -0.255. The SMILES string of the molecule is Cc1cccc(-c2nnc(SCC(=O)Nc3cc(C(=O)OC(C)C)ccc3Cl)n2-c2ccccc2)c1. The van der Waals surface area contributed by atoms with Crippen LogP contribution < -0.4 is 5.32 Å². The number of ether oxygens (including phenoxy) is 1. The molecule has 0 unspecified atom stereocenters. The van der Waals surface area contributed by atoms with Gasteiger partial charge in [-0.1, -0.05) is 65.3 Å². The number of esters is 1. The summed E-state index contributed by atoms with van der Waals surface area (Å²) < 4.78 is 7.16. The van der Waals surface area contributed by atoms with Crippen molar-refractivity contribution in [3.8, 4) is 17.1 Å². The molecule has 3 aromatic carbocycles. The first-order valence-corrected chi connectivity index (χ1v) is 12.7. The van der Waals surface area contributed by atoms with Gasteiger partial charge in [-0.2, -0.15) is 0 Å². The van der Waals surface area contributed by atoms with E-state index in [-0.39, 0.29) is 17.8 Å². The molecule has 0 spiro atoms. The Kier molecular flexibility index (Phi) is 8.07. The molecular weight excluding hydrogens is 496 g/mol. The molecule has 36 heavy (non-hydrogen) atoms. The lowest BCUT2D eigenvalue weighted by Gasteiger charge is -2.12. The average molecular weight is 521 g/mol. The van der Waals surface area contributed by atoms with E-state index < -0.39 is 5.97 Å². The molecule has 1 N–H and O–H groups in total. The number of nitrogens with one attached hydrogen (secondary N) is 1. The number of thioether (sulfide) groups is 1. The lowest BCUT2D eigenvalue weighted by atomic mass is 10.1. The Hall–Kier alpha value is -3.62. The number of hydrogen-bond donors (Lipinski definition) is 1. The lowest BCUT2D eigenvalue weighted by molar-refractivity contribution is -0.113. The van der Waals surface area contributed by atoms with Gasteiger partial charge in [0.15, 0.2) is 11.0 Å². The average Bonchev–Trinajstić information content (AvgIpc) is 3.28. The number of amides is 1. The molecule has 1 heterocycles. The van der Waals surface area contributed by atoms with Crippen molar-refractivity contribution in [1.29, 1.82) is 0 Å². The van der Waals surface area contributed by atoms with Gasteiger partial charge in [-0.3, -0.25) is 9.36 Å². The van der Waals surface area contributed by atoms with Crippen LogP contribution in [0.3, 0.4) is 0 Å². The second kappa shape index (κ2) is 11.4. The van der Waals surface area contributed by atoms with Gasteiger partial charge in [0.05, 0.1) is 28.1 Å². The largest absolute Gasteiger partial charge is 0.459 e. The van der Waals surface area contributed by atoms with E-state index in [0.29, 0.717) is 27.3 Å². The summed E-state index contributed by atoms with van der Waals surface area (Å²) in [6, 6.07) is 22.4. The number of carbonyl (C=O) groups is 2. The number of para-hydroxylation sites is 1. The lowest BCUT2D eigenvalue weighted by Crippen LogP contribution is -2.16. The second-order valence-electron chi connectivity index (χ2n) is 8.33. The van der Waals surface area contributed by atoms with E-state index in [2.05, 4.69) is 15.5 Å². The van der Waals surface area contributed by atoms with Crippen LogP contribution in [0, 0.1) is 6.92 Å². The van der Waals surface area contributed by atoms with Crippen LogP contribution in [0.25, 0.3) is 17.1 Å². The highest BCUT2D eigenvalue weighted by molar-refractivity contribution is 7.99. The number of carbonyl (C=O) groups excluding carboxylic acids is 2. The maximum atomic E-state index is 12.8. The Labute approximate surface area is 218 Å². The summed E-state index contributed by atoms with van der Waals surface area (Å²) in [7, 11) is 0. The second-order valence-corrected chi connectivity index (χ2v) is 9.68. The topological polar surface area (TPSA) is 86.1 Å². The third-order valence-electron chi connectivity index (χ3n) is 5.08.